The van der Waals surface area contributed by atoms with Crippen LogP contribution in [0.4, 0.5) is 4.79 Å². The number of carbonyl (C=O) groups is 1. The standard InChI is InChI=1S/C3H6O3.Na.H/c1-5-3(4)6-2;;/h1-2H3;;. The van der Waals surface area contributed by atoms with E-state index in [2.05, 4.69) is 9.47 Å². The van der Waals surface area contributed by atoms with Gasteiger partial charge in [-0.15, -0.1) is 0 Å². The molecule has 0 aliphatic carbocycles. The van der Waals surface area contributed by atoms with Crippen molar-refractivity contribution in [1.82, 2.24) is 0 Å². The molecule has 0 N–H and O–H groups in total. The van der Waals surface area contributed by atoms with Crippen LogP contribution in [0.3, 0.4) is 0 Å². The summed E-state index contributed by atoms with van der Waals surface area (Å²) < 4.78 is 8.08. The van der Waals surface area contributed by atoms with Crippen LogP contribution in [-0.2, 0) is 9.47 Å². The second-order valence-corrected chi connectivity index (χ2v) is 0.658. The van der Waals surface area contributed by atoms with Gasteiger partial charge in [0.1, 0.15) is 0 Å². The topological polar surface area (TPSA) is 35.5 Å². The number of rotatable bonds is 0. The van der Waals surface area contributed by atoms with Crippen molar-refractivity contribution in [3.8, 4) is 0 Å². The van der Waals surface area contributed by atoms with E-state index in [0.29, 0.717) is 0 Å². The molecule has 0 radical (unpaired) electrons. The van der Waals surface area contributed by atoms with Crippen molar-refractivity contribution in [1.29, 1.82) is 0 Å². The number of methoxy groups -OCH3 is 2. The van der Waals surface area contributed by atoms with E-state index in [0.717, 1.165) is 0 Å². The van der Waals surface area contributed by atoms with Gasteiger partial charge in [0, 0.05) is 0 Å². The van der Waals surface area contributed by atoms with Crippen LogP contribution in [0.15, 0.2) is 0 Å². The van der Waals surface area contributed by atoms with Crippen molar-refractivity contribution >= 4 is 35.7 Å². The summed E-state index contributed by atoms with van der Waals surface area (Å²) in [6.45, 7) is 0. The molecule has 0 saturated carbocycles. The Morgan fingerprint density at radius 2 is 1.57 bits per heavy atom. The molecule has 0 rings (SSSR count). The Kier molecular flexibility index (Phi) is 9.22. The number of hydrogen-bond acceptors (Lipinski definition) is 3. The Labute approximate surface area is 64.3 Å². The molecule has 0 aromatic heterocycles. The molecule has 0 spiro atoms. The molecule has 4 heteroatoms. The zero-order chi connectivity index (χ0) is 4.99. The summed E-state index contributed by atoms with van der Waals surface area (Å²) in [5.41, 5.74) is 0. The third kappa shape index (κ3) is 6.27. The molecular formula is C3H7NaO3. The maximum atomic E-state index is 9.74. The second-order valence-electron chi connectivity index (χ2n) is 0.658. The molecule has 0 unspecified atom stereocenters. The predicted molar refractivity (Wildman–Crippen MR) is 26.6 cm³/mol. The van der Waals surface area contributed by atoms with Crippen LogP contribution in [0.25, 0.3) is 0 Å². The Bertz CT molecular complexity index is 48.1. The van der Waals surface area contributed by atoms with E-state index >= 15 is 0 Å². The fourth-order valence-corrected chi connectivity index (χ4v) is 0.0833. The Morgan fingerprint density at radius 1 is 1.29 bits per heavy atom. The van der Waals surface area contributed by atoms with Crippen molar-refractivity contribution in [3.05, 3.63) is 0 Å². The van der Waals surface area contributed by atoms with E-state index < -0.39 is 6.16 Å². The van der Waals surface area contributed by atoms with Gasteiger partial charge in [-0.1, -0.05) is 0 Å². The van der Waals surface area contributed by atoms with E-state index in [1.807, 2.05) is 0 Å². The molecule has 0 amide bonds. The molecule has 7 heavy (non-hydrogen) atoms. The molecule has 38 valence electrons. The third-order valence-electron chi connectivity index (χ3n) is 0.333. The SMILES string of the molecule is COC(=O)OC.[NaH]. The molecule has 0 aliphatic rings. The van der Waals surface area contributed by atoms with Crippen molar-refractivity contribution in [2.45, 2.75) is 0 Å². The van der Waals surface area contributed by atoms with Gasteiger partial charge in [-0.05, 0) is 0 Å². The molecule has 0 aromatic rings. The number of ether oxygens (including phenoxy) is 2. The summed E-state index contributed by atoms with van der Waals surface area (Å²) in [6.07, 6.45) is -0.657. The molecule has 0 fully saturated rings. The fourth-order valence-electron chi connectivity index (χ4n) is 0.0833. The van der Waals surface area contributed by atoms with Gasteiger partial charge in [-0.2, -0.15) is 0 Å². The van der Waals surface area contributed by atoms with Gasteiger partial charge < -0.3 is 9.47 Å². The number of carbonyl (C=O) groups excluding carboxylic acids is 1. The molecule has 3 nitrogen and oxygen atoms in total. The Hall–Kier alpha value is 0.270. The van der Waals surface area contributed by atoms with Crippen molar-refractivity contribution in [3.63, 3.8) is 0 Å². The van der Waals surface area contributed by atoms with Gasteiger partial charge >= 0.3 is 35.7 Å². The molecule has 0 bridgehead atoms. The molecule has 0 saturated heterocycles. The molecule has 0 heterocycles. The quantitative estimate of drug-likeness (QED) is 0.322. The van der Waals surface area contributed by atoms with Crippen molar-refractivity contribution < 1.29 is 14.3 Å². The normalized spacial score (nSPS) is 6.00. The van der Waals surface area contributed by atoms with Crippen LogP contribution < -0.4 is 0 Å². The minimum atomic E-state index is -0.657. The third-order valence-corrected chi connectivity index (χ3v) is 0.333. The van der Waals surface area contributed by atoms with E-state index in [9.17, 15) is 4.79 Å². The van der Waals surface area contributed by atoms with Gasteiger partial charge in [-0.25, -0.2) is 4.79 Å². The summed E-state index contributed by atoms with van der Waals surface area (Å²) in [4.78, 5) is 9.74. The molecule has 0 atom stereocenters. The molecule has 0 aliphatic heterocycles. The van der Waals surface area contributed by atoms with Gasteiger partial charge in [0.2, 0.25) is 0 Å². The fraction of sp³-hybridized carbons (Fsp3) is 0.667. The first-order chi connectivity index (χ1) is 2.81. The van der Waals surface area contributed by atoms with Crippen molar-refractivity contribution in [2.24, 2.45) is 0 Å². The summed E-state index contributed by atoms with van der Waals surface area (Å²) >= 11 is 0. The van der Waals surface area contributed by atoms with Crippen LogP contribution in [0.5, 0.6) is 0 Å². The van der Waals surface area contributed by atoms with E-state index in [1.54, 1.807) is 0 Å². The van der Waals surface area contributed by atoms with Gasteiger partial charge in [0.25, 0.3) is 0 Å². The summed E-state index contributed by atoms with van der Waals surface area (Å²) in [5, 5.41) is 0. The maximum absolute atomic E-state index is 9.74. The molecular weight excluding hydrogens is 107 g/mol. The van der Waals surface area contributed by atoms with Crippen LogP contribution in [0, 0.1) is 0 Å². The zero-order valence-electron chi connectivity index (χ0n) is 3.72. The number of hydrogen-bond donors (Lipinski definition) is 0. The monoisotopic (exact) mass is 114 g/mol. The zero-order valence-corrected chi connectivity index (χ0v) is 3.72. The molecule has 0 aromatic carbocycles. The van der Waals surface area contributed by atoms with Crippen LogP contribution in [0.1, 0.15) is 0 Å². The van der Waals surface area contributed by atoms with Crippen LogP contribution in [0.2, 0.25) is 0 Å². The Morgan fingerprint density at radius 3 is 1.57 bits per heavy atom. The van der Waals surface area contributed by atoms with E-state index in [1.165, 1.54) is 14.2 Å². The first-order valence-electron chi connectivity index (χ1n) is 1.43. The first-order valence-corrected chi connectivity index (χ1v) is 1.43. The van der Waals surface area contributed by atoms with Crippen LogP contribution in [-0.4, -0.2) is 49.9 Å². The van der Waals surface area contributed by atoms with Crippen molar-refractivity contribution in [2.75, 3.05) is 14.2 Å². The van der Waals surface area contributed by atoms with Gasteiger partial charge in [0.05, 0.1) is 14.2 Å². The summed E-state index contributed by atoms with van der Waals surface area (Å²) in [5.74, 6) is 0. The summed E-state index contributed by atoms with van der Waals surface area (Å²) in [7, 11) is 2.51. The average molecular weight is 114 g/mol. The first kappa shape index (κ1) is 10.3. The predicted octanol–water partition coefficient (Wildman–Crippen LogP) is -0.249. The van der Waals surface area contributed by atoms with Gasteiger partial charge in [-0.3, -0.25) is 0 Å². The Balaban J connectivity index is 0. The van der Waals surface area contributed by atoms with E-state index in [4.69, 9.17) is 0 Å². The minimum absolute atomic E-state index is 0. The summed E-state index contributed by atoms with van der Waals surface area (Å²) in [6, 6.07) is 0. The average Bonchev–Trinajstić information content (AvgIpc) is 1.65. The van der Waals surface area contributed by atoms with E-state index in [-0.39, 0.29) is 29.6 Å². The second kappa shape index (κ2) is 6.27. The van der Waals surface area contributed by atoms with Gasteiger partial charge in [0.15, 0.2) is 0 Å². The van der Waals surface area contributed by atoms with Crippen LogP contribution >= 0.6 is 0 Å².